The third-order valence-corrected chi connectivity index (χ3v) is 27.3. The van der Waals surface area contributed by atoms with Crippen molar-refractivity contribution >= 4 is 36.6 Å². The summed E-state index contributed by atoms with van der Waals surface area (Å²) in [7, 11) is 0. The highest BCUT2D eigenvalue weighted by Gasteiger charge is 2.64. The molecule has 63 nitrogen and oxygen atoms in total. The maximum absolute atomic E-state index is 13.3. The quantitative estimate of drug-likeness (QED) is 0.0199. The summed E-state index contributed by atoms with van der Waals surface area (Å²) in [4.78, 5) is 76.0. The van der Waals surface area contributed by atoms with E-state index in [1.165, 1.54) is 20.8 Å². The average molecular weight is 2140 g/mol. The molecular weight excluding hydrogens is 2000 g/mol. The molecular formula is C83H138N4O59. The molecule has 0 aromatic rings. The van der Waals surface area contributed by atoms with Crippen LogP contribution in [0.2, 0.25) is 0 Å². The largest absolute Gasteiger partial charge is 0.410 e. The van der Waals surface area contributed by atoms with Crippen LogP contribution in [-0.2, 0) is 138 Å². The zero-order valence-electron chi connectivity index (χ0n) is 79.4. The molecule has 11 aliphatic heterocycles. The van der Waals surface area contributed by atoms with E-state index in [9.17, 15) is 182 Å². The zero-order chi connectivity index (χ0) is 108. The van der Waals surface area contributed by atoms with Crippen LogP contribution in [0.3, 0.4) is 0 Å². The molecule has 0 aromatic heterocycles. The summed E-state index contributed by atoms with van der Waals surface area (Å²) in [6.45, 7) is -4.99. The maximum atomic E-state index is 13.3. The van der Waals surface area contributed by atoms with Crippen molar-refractivity contribution in [2.24, 2.45) is 11.8 Å². The molecule has 34 N–H and O–H groups in total. The summed E-state index contributed by atoms with van der Waals surface area (Å²) in [5.41, 5.74) is 0. The van der Waals surface area contributed by atoms with Gasteiger partial charge in [-0.3, -0.25) is 28.8 Å². The minimum absolute atomic E-state index is 0.202. The van der Waals surface area contributed by atoms with Crippen molar-refractivity contribution in [3.05, 3.63) is 0 Å². The van der Waals surface area contributed by atoms with E-state index in [1.807, 2.05) is 0 Å². The first kappa shape index (κ1) is 121. The Morgan fingerprint density at radius 2 is 0.589 bits per heavy atom. The molecule has 11 fully saturated rings. The average Bonchev–Trinajstić information content (AvgIpc) is 0.757. The van der Waals surface area contributed by atoms with E-state index < -0.39 is 458 Å². The van der Waals surface area contributed by atoms with Gasteiger partial charge in [-0.2, -0.15) is 0 Å². The molecule has 0 bridgehead atoms. The molecule has 0 radical (unpaired) electrons. The molecule has 24 unspecified atom stereocenters. The molecule has 11 saturated heterocycles. The van der Waals surface area contributed by atoms with Crippen molar-refractivity contribution in [3.8, 4) is 0 Å². The summed E-state index contributed by atoms with van der Waals surface area (Å²) in [5.74, 6) is -11.2. The van der Waals surface area contributed by atoms with E-state index in [-0.39, 0.29) is 12.9 Å². The SMILES string of the molecule is CC(=O)NC1C(OC2[C@@H](OCC3O[C@@H](O[C@@H]4C(CO)O[C@@H](O[C@@H]5C(CO)O[C@@H](C)C(NC(C)=O)[C@H]5O)C(NC(C)=O)[C@H]4O)C(O)[C@@H](O[C@H]4OC(CO)[C@@H](O)C(O)C4O[C@@H]4OC(CO)[C@@H](O[C@@H]5OC(CO[C@]6(OC=O)C[C@@H](O)[C@@H](C)C(C(O)[C@H](O)CO)O6)[C@H](O)[C@H](O)C5O)[C@H](O)C4NC(C)=O)[C@@H]3O)OC(CO)[C@@H](O)[C@@H]2O)O[C@@H](CO)[C@@H](O[C@@H]2OC(CO[C@]3(OC=O)C[C@@H](O)[C@@H](C)C(C(O)[C@H](O)CO)O3)[C@H](O)[C@H](O)C2O)C1O. The molecule has 0 saturated carbocycles. The van der Waals surface area contributed by atoms with Crippen molar-refractivity contribution in [2.45, 2.75) is 398 Å². The Morgan fingerprint density at radius 3 is 0.932 bits per heavy atom. The Hall–Kier alpha value is -5.22. The first-order valence-corrected chi connectivity index (χ1v) is 46.9. The highest BCUT2D eigenvalue weighted by atomic mass is 16.9. The number of hydrogen-bond donors (Lipinski definition) is 34. The highest BCUT2D eigenvalue weighted by Crippen LogP contribution is 2.45. The molecule has 11 heterocycles. The summed E-state index contributed by atoms with van der Waals surface area (Å²) in [5, 5.41) is 349. The predicted octanol–water partition coefficient (Wildman–Crippen LogP) is -22.3. The van der Waals surface area contributed by atoms with Crippen molar-refractivity contribution in [2.75, 3.05) is 72.7 Å². The Balaban J connectivity index is 0.887. The number of nitrogens with one attached hydrogen (secondary N) is 4. The molecule has 57 atom stereocenters. The van der Waals surface area contributed by atoms with Gasteiger partial charge in [0.2, 0.25) is 23.6 Å². The summed E-state index contributed by atoms with van der Waals surface area (Å²) in [6.07, 6.45) is -105. The maximum Gasteiger partial charge on any atom is 0.332 e. The smallest absolute Gasteiger partial charge is 0.332 e. The highest BCUT2D eigenvalue weighted by molar-refractivity contribution is 5.74. The fraction of sp³-hybridized carbons (Fsp3) is 0.928. The van der Waals surface area contributed by atoms with Gasteiger partial charge in [-0.05, 0) is 6.92 Å². The van der Waals surface area contributed by atoms with E-state index >= 15 is 0 Å². The zero-order valence-corrected chi connectivity index (χ0v) is 79.4. The Bertz CT molecular complexity index is 4070. The third-order valence-electron chi connectivity index (χ3n) is 27.3. The minimum Gasteiger partial charge on any atom is -0.410 e. The lowest BCUT2D eigenvalue weighted by atomic mass is 9.87. The lowest BCUT2D eigenvalue weighted by Gasteiger charge is -2.51. The van der Waals surface area contributed by atoms with Crippen LogP contribution in [0.25, 0.3) is 0 Å². The monoisotopic (exact) mass is 2130 g/mol. The number of carbonyl (C=O) groups is 6. The van der Waals surface area contributed by atoms with Gasteiger partial charge in [0.25, 0.3) is 12.9 Å². The van der Waals surface area contributed by atoms with Gasteiger partial charge in [0.05, 0.1) is 122 Å². The van der Waals surface area contributed by atoms with Gasteiger partial charge < -0.3 is 283 Å². The topological polar surface area (TPSA) is 970 Å². The molecule has 146 heavy (non-hydrogen) atoms. The van der Waals surface area contributed by atoms with Crippen molar-refractivity contribution in [3.63, 3.8) is 0 Å². The molecule has 0 aromatic carbocycles. The van der Waals surface area contributed by atoms with Crippen LogP contribution in [-0.4, -0.2) is 599 Å². The number of carbonyl (C=O) groups excluding carboxylic acids is 6. The molecule has 0 aliphatic carbocycles. The molecule has 11 rings (SSSR count). The third kappa shape index (κ3) is 27.1. The van der Waals surface area contributed by atoms with E-state index in [4.69, 9.17) is 109 Å². The number of aliphatic hydroxyl groups is 30. The fourth-order valence-electron chi connectivity index (χ4n) is 19.1. The van der Waals surface area contributed by atoms with Crippen LogP contribution in [0.4, 0.5) is 0 Å². The van der Waals surface area contributed by atoms with Gasteiger partial charge in [-0.1, -0.05) is 13.8 Å². The van der Waals surface area contributed by atoms with Crippen LogP contribution in [0, 0.1) is 11.8 Å². The number of hydrogen-bond acceptors (Lipinski definition) is 59. The summed E-state index contributed by atoms with van der Waals surface area (Å²) < 4.78 is 137. The number of aliphatic hydroxyl groups excluding tert-OH is 30. The van der Waals surface area contributed by atoms with Gasteiger partial charge in [-0.15, -0.1) is 0 Å². The number of amides is 4. The van der Waals surface area contributed by atoms with E-state index in [0.29, 0.717) is 0 Å². The van der Waals surface area contributed by atoms with Gasteiger partial charge in [0.1, 0.15) is 238 Å². The lowest BCUT2D eigenvalue weighted by molar-refractivity contribution is -0.424. The van der Waals surface area contributed by atoms with Crippen LogP contribution >= 0.6 is 0 Å². The first-order chi connectivity index (χ1) is 69.0. The van der Waals surface area contributed by atoms with Gasteiger partial charge >= 0.3 is 11.9 Å². The van der Waals surface area contributed by atoms with Crippen LogP contribution in [0.5, 0.6) is 0 Å². The first-order valence-electron chi connectivity index (χ1n) is 46.9. The van der Waals surface area contributed by atoms with Gasteiger partial charge in [0, 0.05) is 39.5 Å². The molecule has 11 aliphatic rings. The fourth-order valence-corrected chi connectivity index (χ4v) is 19.1. The Kier molecular flexibility index (Phi) is 43.8. The van der Waals surface area contributed by atoms with Crippen LogP contribution in [0.15, 0.2) is 0 Å². The van der Waals surface area contributed by atoms with Gasteiger partial charge in [0.15, 0.2) is 50.3 Å². The predicted molar refractivity (Wildman–Crippen MR) is 452 cm³/mol. The van der Waals surface area contributed by atoms with Crippen LogP contribution < -0.4 is 21.3 Å². The standard InChI is InChI=1S/C83H138N4O59/c1-23-30(102)8-82(127-21-96,145-65(23)47(106)32(104)10-88)125-19-41-51(110)58(117)62(121)77(136-41)139-68-37(15-93)133-75(45(56(68)115)86-28(6)100)143-72-60(119)49(108)34(12-90)130-80(72)124-18-40-53(112)71(64(123)79(135-40)141-70-39(17-95)132-74(44(55(70)114)85-27(5)99)138-67-36(14-92)129-25(3)43(54(67)113)84-26(4)98)142-81-73(61(120)50(109)35(13-91)131-81)144-76-46(87-29(7)101)57(116)69(38(16-94)134-76)140-78-63(122)59(118)52(111)42(137-78)20-126-83(128-22-97)9-31(103)24(2)66(146-83)48(107)33(105)11-89/h21-25,30-81,88-95,102-123H,8-20H2,1-7H3,(H,84,98)(H,85,99)(H,86,100)(H,87,101)/t23-,24-,25+,30-,31-,32-,33-,34?,35?,36?,37+,38?,39?,40?,41?,42?,43?,44?,45?,46?,47?,48?,49-,50-,51+,52+,53-,54-,55-,56?,57-,58+,59+,60+,61?,62?,63?,64?,65?,66?,67-,68-,69-,70-,71+,72?,73?,74+,75?,76+,77+,78+,79+,80+,81-,82+,83+/m1/s1. The van der Waals surface area contributed by atoms with E-state index in [2.05, 4.69) is 21.3 Å². The number of rotatable bonds is 43. The lowest BCUT2D eigenvalue weighted by Crippen LogP contribution is -2.71. The van der Waals surface area contributed by atoms with Crippen molar-refractivity contribution in [1.29, 1.82) is 0 Å². The molecule has 63 heteroatoms. The van der Waals surface area contributed by atoms with Gasteiger partial charge in [-0.25, -0.2) is 0 Å². The molecule has 844 valence electrons. The normalized spacial score (nSPS) is 47.5. The second-order valence-electron chi connectivity index (χ2n) is 37.4. The second-order valence-corrected chi connectivity index (χ2v) is 37.4. The van der Waals surface area contributed by atoms with Crippen LogP contribution in [0.1, 0.15) is 61.3 Å². The van der Waals surface area contributed by atoms with E-state index in [0.717, 1.165) is 27.7 Å². The summed E-state index contributed by atoms with van der Waals surface area (Å²) in [6, 6.07) is -7.37. The van der Waals surface area contributed by atoms with E-state index in [1.54, 1.807) is 0 Å². The second kappa shape index (κ2) is 52.8. The number of ether oxygens (including phenoxy) is 23. The Morgan fingerprint density at radius 1 is 0.308 bits per heavy atom. The molecule has 4 amide bonds. The minimum atomic E-state index is -2.70. The van der Waals surface area contributed by atoms with Crippen molar-refractivity contribution in [1.82, 2.24) is 21.3 Å². The van der Waals surface area contributed by atoms with Crippen molar-refractivity contribution < 1.29 is 291 Å². The molecule has 0 spiro atoms. The Labute approximate surface area is 828 Å². The summed E-state index contributed by atoms with van der Waals surface area (Å²) >= 11 is 0.